The molecule has 0 radical (unpaired) electrons. The summed E-state index contributed by atoms with van der Waals surface area (Å²) in [6.07, 6.45) is 2.13. The summed E-state index contributed by atoms with van der Waals surface area (Å²) in [7, 11) is 0. The van der Waals surface area contributed by atoms with Gasteiger partial charge in [-0.3, -0.25) is 4.79 Å². The number of amides is 1. The molecule has 104 valence electrons. The fourth-order valence-corrected chi connectivity index (χ4v) is 2.61. The molecule has 0 spiro atoms. The van der Waals surface area contributed by atoms with Gasteiger partial charge in [0.05, 0.1) is 0 Å². The number of hydrogen-bond donors (Lipinski definition) is 1. The summed E-state index contributed by atoms with van der Waals surface area (Å²) < 4.78 is 13.0. The molecule has 4 heteroatoms. The number of carbonyl (C=O) groups excluding carboxylic acids is 1. The van der Waals surface area contributed by atoms with Crippen LogP contribution in [0.2, 0.25) is 0 Å². The van der Waals surface area contributed by atoms with Crippen molar-refractivity contribution in [3.8, 4) is 0 Å². The molecule has 1 aromatic carbocycles. The third-order valence-corrected chi connectivity index (χ3v) is 3.72. The summed E-state index contributed by atoms with van der Waals surface area (Å²) in [4.78, 5) is 14.5. The van der Waals surface area contributed by atoms with E-state index in [1.54, 1.807) is 13.0 Å². The highest BCUT2D eigenvalue weighted by molar-refractivity contribution is 5.95. The fourth-order valence-electron chi connectivity index (χ4n) is 2.61. The van der Waals surface area contributed by atoms with Gasteiger partial charge in [-0.15, -0.1) is 0 Å². The van der Waals surface area contributed by atoms with Crippen LogP contribution in [0.1, 0.15) is 35.7 Å². The van der Waals surface area contributed by atoms with E-state index in [0.717, 1.165) is 32.5 Å². The van der Waals surface area contributed by atoms with E-state index in [1.807, 2.05) is 0 Å². The van der Waals surface area contributed by atoms with E-state index in [2.05, 4.69) is 17.1 Å². The average molecular weight is 264 g/mol. The van der Waals surface area contributed by atoms with Crippen molar-refractivity contribution in [3.63, 3.8) is 0 Å². The number of rotatable bonds is 3. The van der Waals surface area contributed by atoms with E-state index in [9.17, 15) is 9.18 Å². The topological polar surface area (TPSA) is 32.3 Å². The summed E-state index contributed by atoms with van der Waals surface area (Å²) >= 11 is 0. The van der Waals surface area contributed by atoms with E-state index in [1.165, 1.54) is 12.1 Å². The third-order valence-electron chi connectivity index (χ3n) is 3.72. The third kappa shape index (κ3) is 3.53. The molecule has 1 amide bonds. The normalized spacial score (nSPS) is 20.3. The Hall–Kier alpha value is -1.42. The number of piperidine rings is 1. The number of carbonyl (C=O) groups is 1. The zero-order chi connectivity index (χ0) is 13.8. The Kier molecular flexibility index (Phi) is 4.53. The molecule has 1 fully saturated rings. The van der Waals surface area contributed by atoms with E-state index in [4.69, 9.17) is 0 Å². The highest BCUT2D eigenvalue weighted by Crippen LogP contribution is 2.13. The summed E-state index contributed by atoms with van der Waals surface area (Å²) in [5.74, 6) is -0.399. The Morgan fingerprint density at radius 3 is 3.00 bits per heavy atom. The van der Waals surface area contributed by atoms with Crippen molar-refractivity contribution < 1.29 is 9.18 Å². The van der Waals surface area contributed by atoms with E-state index >= 15 is 0 Å². The smallest absolute Gasteiger partial charge is 0.251 e. The molecule has 1 unspecified atom stereocenters. The van der Waals surface area contributed by atoms with E-state index in [-0.39, 0.29) is 17.8 Å². The molecule has 0 bridgehead atoms. The molecular weight excluding hydrogens is 243 g/mol. The van der Waals surface area contributed by atoms with Gasteiger partial charge in [-0.2, -0.15) is 0 Å². The molecule has 1 aliphatic heterocycles. The highest BCUT2D eigenvalue weighted by Gasteiger charge is 2.21. The standard InChI is InChI=1S/C15H21FN2O/c1-3-18-8-4-5-13(10-18)17-15(19)14-7-6-12(16)9-11(14)2/h6-7,9,13H,3-5,8,10H2,1-2H3,(H,17,19). The highest BCUT2D eigenvalue weighted by atomic mass is 19.1. The van der Waals surface area contributed by atoms with Gasteiger partial charge in [0, 0.05) is 18.2 Å². The van der Waals surface area contributed by atoms with Gasteiger partial charge in [0.25, 0.3) is 5.91 Å². The summed E-state index contributed by atoms with van der Waals surface area (Å²) in [6.45, 7) is 6.93. The maximum Gasteiger partial charge on any atom is 0.251 e. The van der Waals surface area contributed by atoms with Crippen molar-refractivity contribution in [2.24, 2.45) is 0 Å². The minimum absolute atomic E-state index is 0.0968. The number of hydrogen-bond acceptors (Lipinski definition) is 2. The van der Waals surface area contributed by atoms with Gasteiger partial charge >= 0.3 is 0 Å². The molecule has 1 heterocycles. The second-order valence-corrected chi connectivity index (χ2v) is 5.17. The van der Waals surface area contributed by atoms with E-state index < -0.39 is 0 Å². The number of aryl methyl sites for hydroxylation is 1. The predicted octanol–water partition coefficient (Wildman–Crippen LogP) is 2.35. The van der Waals surface area contributed by atoms with Crippen molar-refractivity contribution in [1.29, 1.82) is 0 Å². The molecule has 1 N–H and O–H groups in total. The molecule has 0 aliphatic carbocycles. The van der Waals surface area contributed by atoms with Crippen LogP contribution in [0.25, 0.3) is 0 Å². The molecule has 0 aromatic heterocycles. The lowest BCUT2D eigenvalue weighted by molar-refractivity contribution is 0.0905. The number of benzene rings is 1. The SMILES string of the molecule is CCN1CCCC(NC(=O)c2ccc(F)cc2C)C1. The van der Waals surface area contributed by atoms with E-state index in [0.29, 0.717) is 11.1 Å². The lowest BCUT2D eigenvalue weighted by atomic mass is 10.0. The second kappa shape index (κ2) is 6.15. The fraction of sp³-hybridized carbons (Fsp3) is 0.533. The Morgan fingerprint density at radius 2 is 2.32 bits per heavy atom. The van der Waals surface area contributed by atoms with Crippen LogP contribution in [0.4, 0.5) is 4.39 Å². The van der Waals surface area contributed by atoms with Gasteiger partial charge in [0.1, 0.15) is 5.82 Å². The van der Waals surface area contributed by atoms with Crippen LogP contribution >= 0.6 is 0 Å². The largest absolute Gasteiger partial charge is 0.348 e. The summed E-state index contributed by atoms with van der Waals surface area (Å²) in [5.41, 5.74) is 1.25. The lowest BCUT2D eigenvalue weighted by Gasteiger charge is -2.32. The van der Waals surface area contributed by atoms with Gasteiger partial charge in [-0.25, -0.2) is 4.39 Å². The number of likely N-dealkylation sites (tertiary alicyclic amines) is 1. The minimum Gasteiger partial charge on any atom is -0.348 e. The van der Waals surface area contributed by atoms with Gasteiger partial charge in [-0.05, 0) is 56.6 Å². The van der Waals surface area contributed by atoms with Crippen molar-refractivity contribution in [1.82, 2.24) is 10.2 Å². The summed E-state index contributed by atoms with van der Waals surface area (Å²) in [5, 5.41) is 3.06. The van der Waals surface area contributed by atoms with Crippen molar-refractivity contribution in [2.45, 2.75) is 32.7 Å². The Morgan fingerprint density at radius 1 is 1.53 bits per heavy atom. The number of likely N-dealkylation sites (N-methyl/N-ethyl adjacent to an activating group) is 1. The van der Waals surface area contributed by atoms with Gasteiger partial charge in [0.2, 0.25) is 0 Å². The molecule has 0 saturated carbocycles. The van der Waals surface area contributed by atoms with Crippen LogP contribution in [0.15, 0.2) is 18.2 Å². The number of halogens is 1. The number of nitrogens with one attached hydrogen (secondary N) is 1. The maximum absolute atomic E-state index is 13.0. The first-order chi connectivity index (χ1) is 9.10. The van der Waals surface area contributed by atoms with Crippen LogP contribution in [-0.4, -0.2) is 36.5 Å². The predicted molar refractivity (Wildman–Crippen MR) is 73.7 cm³/mol. The van der Waals surface area contributed by atoms with Crippen molar-refractivity contribution >= 4 is 5.91 Å². The molecule has 3 nitrogen and oxygen atoms in total. The molecule has 1 atom stereocenters. The Labute approximate surface area is 113 Å². The first kappa shape index (κ1) is 14.0. The lowest BCUT2D eigenvalue weighted by Crippen LogP contribution is -2.47. The molecule has 2 rings (SSSR count). The quantitative estimate of drug-likeness (QED) is 0.909. The van der Waals surface area contributed by atoms with Crippen LogP contribution in [0.5, 0.6) is 0 Å². The second-order valence-electron chi connectivity index (χ2n) is 5.17. The average Bonchev–Trinajstić information content (AvgIpc) is 2.38. The molecule has 1 aromatic rings. The summed E-state index contributed by atoms with van der Waals surface area (Å²) in [6, 6.07) is 4.49. The maximum atomic E-state index is 13.0. The molecular formula is C15H21FN2O. The van der Waals surface area contributed by atoms with Gasteiger partial charge < -0.3 is 10.2 Å². The molecule has 1 aliphatic rings. The Bertz CT molecular complexity index is 461. The molecule has 1 saturated heterocycles. The van der Waals surface area contributed by atoms with Gasteiger partial charge in [-0.1, -0.05) is 6.92 Å². The van der Waals surface area contributed by atoms with Crippen LogP contribution in [0, 0.1) is 12.7 Å². The monoisotopic (exact) mass is 264 g/mol. The number of nitrogens with zero attached hydrogens (tertiary/aromatic N) is 1. The van der Waals surface area contributed by atoms with Crippen LogP contribution in [0.3, 0.4) is 0 Å². The van der Waals surface area contributed by atoms with Crippen molar-refractivity contribution in [2.75, 3.05) is 19.6 Å². The molecule has 19 heavy (non-hydrogen) atoms. The first-order valence-corrected chi connectivity index (χ1v) is 6.89. The zero-order valence-electron chi connectivity index (χ0n) is 11.6. The van der Waals surface area contributed by atoms with Crippen LogP contribution < -0.4 is 5.32 Å². The Balaban J connectivity index is 2.00. The first-order valence-electron chi connectivity index (χ1n) is 6.89. The van der Waals surface area contributed by atoms with Gasteiger partial charge in [0.15, 0.2) is 0 Å². The van der Waals surface area contributed by atoms with Crippen LogP contribution in [-0.2, 0) is 0 Å². The van der Waals surface area contributed by atoms with Crippen molar-refractivity contribution in [3.05, 3.63) is 35.1 Å². The minimum atomic E-state index is -0.302. The zero-order valence-corrected chi connectivity index (χ0v) is 11.6.